The highest BCUT2D eigenvalue weighted by Crippen LogP contribution is 2.18. The molecule has 0 radical (unpaired) electrons. The predicted molar refractivity (Wildman–Crippen MR) is 85.2 cm³/mol. The number of rotatable bonds is 6. The molecular formula is C16H19N3S. The van der Waals surface area contributed by atoms with Crippen LogP contribution in [0.1, 0.15) is 21.9 Å². The molecule has 0 saturated carbocycles. The van der Waals surface area contributed by atoms with Crippen LogP contribution in [-0.2, 0) is 13.0 Å². The number of para-hydroxylation sites is 1. The van der Waals surface area contributed by atoms with Gasteiger partial charge in [0.05, 0.1) is 5.01 Å². The SMILES string of the molecule is Cc1ncc(CNCCCc2c[nH]c3ccccc23)s1. The number of hydrogen-bond donors (Lipinski definition) is 2. The number of nitrogens with one attached hydrogen (secondary N) is 2. The van der Waals surface area contributed by atoms with E-state index in [1.807, 2.05) is 13.1 Å². The average Bonchev–Trinajstić information content (AvgIpc) is 3.05. The first-order valence-corrected chi connectivity index (χ1v) is 7.81. The molecule has 2 heterocycles. The van der Waals surface area contributed by atoms with Crippen molar-refractivity contribution in [3.8, 4) is 0 Å². The smallest absolute Gasteiger partial charge is 0.0897 e. The number of benzene rings is 1. The number of H-pyrrole nitrogens is 1. The highest BCUT2D eigenvalue weighted by atomic mass is 32.1. The van der Waals surface area contributed by atoms with Crippen molar-refractivity contribution in [2.24, 2.45) is 0 Å². The summed E-state index contributed by atoms with van der Waals surface area (Å²) in [5.41, 5.74) is 2.65. The van der Waals surface area contributed by atoms with Gasteiger partial charge in [0.1, 0.15) is 0 Å². The maximum Gasteiger partial charge on any atom is 0.0897 e. The third kappa shape index (κ3) is 3.08. The van der Waals surface area contributed by atoms with Gasteiger partial charge in [-0.3, -0.25) is 0 Å². The molecule has 4 heteroatoms. The fraction of sp³-hybridized carbons (Fsp3) is 0.312. The zero-order valence-electron chi connectivity index (χ0n) is 11.6. The summed E-state index contributed by atoms with van der Waals surface area (Å²) in [6, 6.07) is 8.49. The molecule has 0 fully saturated rings. The van der Waals surface area contributed by atoms with Crippen molar-refractivity contribution in [2.45, 2.75) is 26.3 Å². The summed E-state index contributed by atoms with van der Waals surface area (Å²) >= 11 is 1.77. The lowest BCUT2D eigenvalue weighted by Gasteiger charge is -2.02. The van der Waals surface area contributed by atoms with Crippen molar-refractivity contribution in [2.75, 3.05) is 6.54 Å². The minimum Gasteiger partial charge on any atom is -0.361 e. The standard InChI is InChI=1S/C16H19N3S/c1-12-18-11-14(20-12)10-17-8-4-5-13-9-19-16-7-3-2-6-15(13)16/h2-3,6-7,9,11,17,19H,4-5,8,10H2,1H3. The highest BCUT2D eigenvalue weighted by Gasteiger charge is 2.02. The van der Waals surface area contributed by atoms with E-state index in [-0.39, 0.29) is 0 Å². The third-order valence-electron chi connectivity index (χ3n) is 3.44. The quantitative estimate of drug-likeness (QED) is 0.679. The summed E-state index contributed by atoms with van der Waals surface area (Å²) in [4.78, 5) is 8.91. The molecule has 0 spiro atoms. The minimum atomic E-state index is 0.930. The molecule has 0 unspecified atom stereocenters. The largest absolute Gasteiger partial charge is 0.361 e. The average molecular weight is 285 g/mol. The van der Waals surface area contributed by atoms with Crippen LogP contribution in [0.5, 0.6) is 0 Å². The van der Waals surface area contributed by atoms with Crippen LogP contribution >= 0.6 is 11.3 Å². The number of thiazole rings is 1. The van der Waals surface area contributed by atoms with E-state index in [2.05, 4.69) is 45.7 Å². The van der Waals surface area contributed by atoms with Gasteiger partial charge in [0.2, 0.25) is 0 Å². The Balaban J connectivity index is 1.46. The lowest BCUT2D eigenvalue weighted by molar-refractivity contribution is 0.655. The molecule has 104 valence electrons. The van der Waals surface area contributed by atoms with E-state index >= 15 is 0 Å². The lowest BCUT2D eigenvalue weighted by atomic mass is 10.1. The van der Waals surface area contributed by atoms with Crippen LogP contribution in [0.2, 0.25) is 0 Å². The van der Waals surface area contributed by atoms with Crippen LogP contribution in [0.4, 0.5) is 0 Å². The van der Waals surface area contributed by atoms with Crippen LogP contribution in [0, 0.1) is 6.92 Å². The van der Waals surface area contributed by atoms with Crippen molar-refractivity contribution in [3.63, 3.8) is 0 Å². The Bertz CT molecular complexity index is 684. The van der Waals surface area contributed by atoms with Crippen molar-refractivity contribution in [1.29, 1.82) is 0 Å². The second-order valence-electron chi connectivity index (χ2n) is 4.99. The third-order valence-corrected chi connectivity index (χ3v) is 4.36. The van der Waals surface area contributed by atoms with Crippen LogP contribution in [0.15, 0.2) is 36.7 Å². The lowest BCUT2D eigenvalue weighted by Crippen LogP contribution is -2.14. The van der Waals surface area contributed by atoms with E-state index < -0.39 is 0 Å². The van der Waals surface area contributed by atoms with Gasteiger partial charge in [-0.15, -0.1) is 11.3 Å². The van der Waals surface area contributed by atoms with Gasteiger partial charge in [0.15, 0.2) is 0 Å². The summed E-state index contributed by atoms with van der Waals surface area (Å²) in [6.45, 7) is 4.01. The molecule has 3 aromatic rings. The number of aromatic nitrogens is 2. The van der Waals surface area contributed by atoms with E-state index in [1.165, 1.54) is 21.3 Å². The first-order valence-electron chi connectivity index (χ1n) is 7.00. The van der Waals surface area contributed by atoms with Gasteiger partial charge < -0.3 is 10.3 Å². The molecule has 3 nitrogen and oxygen atoms in total. The maximum absolute atomic E-state index is 4.26. The summed E-state index contributed by atoms with van der Waals surface area (Å²) < 4.78 is 0. The Morgan fingerprint density at radius 2 is 2.20 bits per heavy atom. The van der Waals surface area contributed by atoms with E-state index in [0.29, 0.717) is 0 Å². The van der Waals surface area contributed by atoms with Gasteiger partial charge in [-0.1, -0.05) is 18.2 Å². The molecule has 0 bridgehead atoms. The fourth-order valence-corrected chi connectivity index (χ4v) is 3.21. The zero-order chi connectivity index (χ0) is 13.8. The first-order chi connectivity index (χ1) is 9.83. The first kappa shape index (κ1) is 13.3. The van der Waals surface area contributed by atoms with Gasteiger partial charge in [-0.25, -0.2) is 4.98 Å². The molecule has 1 aromatic carbocycles. The minimum absolute atomic E-state index is 0.930. The Hall–Kier alpha value is -1.65. The summed E-state index contributed by atoms with van der Waals surface area (Å²) in [5, 5.41) is 5.98. The summed E-state index contributed by atoms with van der Waals surface area (Å²) in [5.74, 6) is 0. The van der Waals surface area contributed by atoms with E-state index in [0.717, 1.165) is 30.9 Å². The number of nitrogens with zero attached hydrogens (tertiary/aromatic N) is 1. The number of fused-ring (bicyclic) bond motifs is 1. The second-order valence-corrected chi connectivity index (χ2v) is 6.30. The van der Waals surface area contributed by atoms with E-state index in [4.69, 9.17) is 0 Å². The summed E-state index contributed by atoms with van der Waals surface area (Å²) in [7, 11) is 0. The second kappa shape index (κ2) is 6.20. The zero-order valence-corrected chi connectivity index (χ0v) is 12.5. The molecule has 2 N–H and O–H groups in total. The number of aromatic amines is 1. The van der Waals surface area contributed by atoms with Crippen molar-refractivity contribution in [1.82, 2.24) is 15.3 Å². The fourth-order valence-electron chi connectivity index (χ4n) is 2.44. The molecule has 20 heavy (non-hydrogen) atoms. The molecular weight excluding hydrogens is 266 g/mol. The normalized spacial score (nSPS) is 11.2. The maximum atomic E-state index is 4.26. The van der Waals surface area contributed by atoms with Crippen molar-refractivity contribution >= 4 is 22.2 Å². The Kier molecular flexibility index (Phi) is 4.14. The van der Waals surface area contributed by atoms with E-state index in [1.54, 1.807) is 11.3 Å². The van der Waals surface area contributed by atoms with Crippen LogP contribution in [-0.4, -0.2) is 16.5 Å². The van der Waals surface area contributed by atoms with Gasteiger partial charge in [-0.05, 0) is 37.9 Å². The Labute approximate surface area is 123 Å². The molecule has 0 aliphatic heterocycles. The molecule has 0 aliphatic rings. The molecule has 0 aliphatic carbocycles. The van der Waals surface area contributed by atoms with Crippen molar-refractivity contribution < 1.29 is 0 Å². The highest BCUT2D eigenvalue weighted by molar-refractivity contribution is 7.11. The topological polar surface area (TPSA) is 40.7 Å². The van der Waals surface area contributed by atoms with Gasteiger partial charge in [0.25, 0.3) is 0 Å². The van der Waals surface area contributed by atoms with Crippen LogP contribution in [0.25, 0.3) is 10.9 Å². The van der Waals surface area contributed by atoms with Crippen LogP contribution in [0.3, 0.4) is 0 Å². The molecule has 2 aromatic heterocycles. The van der Waals surface area contributed by atoms with Gasteiger partial charge in [-0.2, -0.15) is 0 Å². The number of aryl methyl sites for hydroxylation is 2. The monoisotopic (exact) mass is 285 g/mol. The molecule has 0 amide bonds. The van der Waals surface area contributed by atoms with Crippen molar-refractivity contribution in [3.05, 3.63) is 52.1 Å². The van der Waals surface area contributed by atoms with Gasteiger partial charge in [0, 0.05) is 34.7 Å². The Morgan fingerprint density at radius 3 is 3.05 bits per heavy atom. The van der Waals surface area contributed by atoms with Crippen LogP contribution < -0.4 is 5.32 Å². The Morgan fingerprint density at radius 1 is 1.30 bits per heavy atom. The summed E-state index contributed by atoms with van der Waals surface area (Å²) in [6.07, 6.45) is 6.36. The number of hydrogen-bond acceptors (Lipinski definition) is 3. The molecule has 0 saturated heterocycles. The predicted octanol–water partition coefficient (Wildman–Crippen LogP) is 3.66. The van der Waals surface area contributed by atoms with Gasteiger partial charge >= 0.3 is 0 Å². The molecule has 3 rings (SSSR count). The molecule has 0 atom stereocenters. The van der Waals surface area contributed by atoms with E-state index in [9.17, 15) is 0 Å².